The van der Waals surface area contributed by atoms with Crippen LogP contribution in [0.4, 0.5) is 4.39 Å². The quantitative estimate of drug-likeness (QED) is 0.495. The number of H-pyrrole nitrogens is 1. The monoisotopic (exact) mass is 429 g/mol. The molecule has 0 saturated carbocycles. The summed E-state index contributed by atoms with van der Waals surface area (Å²) in [5.74, 6) is 0.0514. The molecule has 1 unspecified atom stereocenters. The van der Waals surface area contributed by atoms with E-state index in [0.29, 0.717) is 30.7 Å². The lowest BCUT2D eigenvalue weighted by molar-refractivity contribution is -0.133. The molecule has 1 aliphatic heterocycles. The summed E-state index contributed by atoms with van der Waals surface area (Å²) in [5.41, 5.74) is 4.36. The van der Waals surface area contributed by atoms with Crippen molar-refractivity contribution in [1.82, 2.24) is 14.9 Å². The van der Waals surface area contributed by atoms with Crippen molar-refractivity contribution in [1.29, 1.82) is 0 Å². The molecule has 1 atom stereocenters. The average molecular weight is 429 g/mol. The van der Waals surface area contributed by atoms with Gasteiger partial charge in [0.25, 0.3) is 0 Å². The maximum atomic E-state index is 15.2. The van der Waals surface area contributed by atoms with Crippen molar-refractivity contribution in [2.45, 2.75) is 25.3 Å². The molecule has 0 saturated heterocycles. The van der Waals surface area contributed by atoms with Crippen LogP contribution in [0.15, 0.2) is 66.9 Å². The van der Waals surface area contributed by atoms with Crippen LogP contribution in [0.1, 0.15) is 35.0 Å². The van der Waals surface area contributed by atoms with E-state index in [9.17, 15) is 4.79 Å². The molecule has 2 aromatic carbocycles. The number of hydrogen-bond acceptors (Lipinski definition) is 3. The van der Waals surface area contributed by atoms with E-state index in [1.807, 2.05) is 36.4 Å². The summed E-state index contributed by atoms with van der Waals surface area (Å²) in [6.45, 7) is 0.534. The van der Waals surface area contributed by atoms with E-state index >= 15 is 4.39 Å². The molecule has 0 aliphatic carbocycles. The molecule has 0 bridgehead atoms. The molecular weight excluding hydrogens is 405 g/mol. The number of fused-ring (bicyclic) bond motifs is 3. The van der Waals surface area contributed by atoms with Gasteiger partial charge < -0.3 is 14.6 Å². The molecule has 4 aromatic rings. The number of amides is 1. The molecular formula is C26H24FN3O2. The van der Waals surface area contributed by atoms with Crippen LogP contribution in [-0.2, 0) is 17.6 Å². The molecule has 32 heavy (non-hydrogen) atoms. The Bertz CT molecular complexity index is 1270. The Labute approximate surface area is 185 Å². The minimum Gasteiger partial charge on any atom is -0.497 e. The van der Waals surface area contributed by atoms with Crippen molar-refractivity contribution in [3.63, 3.8) is 0 Å². The molecule has 0 fully saturated rings. The lowest BCUT2D eigenvalue weighted by Gasteiger charge is -2.36. The summed E-state index contributed by atoms with van der Waals surface area (Å²) < 4.78 is 20.4. The lowest BCUT2D eigenvalue weighted by Crippen LogP contribution is -2.41. The maximum absolute atomic E-state index is 15.2. The highest BCUT2D eigenvalue weighted by molar-refractivity contribution is 5.86. The van der Waals surface area contributed by atoms with Crippen molar-refractivity contribution in [2.24, 2.45) is 0 Å². The molecule has 1 amide bonds. The van der Waals surface area contributed by atoms with Crippen LogP contribution in [0.3, 0.4) is 0 Å². The van der Waals surface area contributed by atoms with E-state index in [1.165, 1.54) is 13.2 Å². The third kappa shape index (κ3) is 3.62. The van der Waals surface area contributed by atoms with Gasteiger partial charge in [-0.2, -0.15) is 0 Å². The summed E-state index contributed by atoms with van der Waals surface area (Å²) in [6.07, 6.45) is 3.32. The largest absolute Gasteiger partial charge is 0.497 e. The van der Waals surface area contributed by atoms with Crippen molar-refractivity contribution in [3.8, 4) is 5.75 Å². The van der Waals surface area contributed by atoms with Gasteiger partial charge in [0.05, 0.1) is 7.11 Å². The van der Waals surface area contributed by atoms with E-state index in [0.717, 1.165) is 34.3 Å². The second kappa shape index (κ2) is 8.46. The zero-order valence-corrected chi connectivity index (χ0v) is 17.8. The fraction of sp³-hybridized carbons (Fsp3) is 0.231. The molecule has 6 heteroatoms. The fourth-order valence-electron chi connectivity index (χ4n) is 4.61. The Morgan fingerprint density at radius 3 is 2.81 bits per heavy atom. The molecule has 1 N–H and O–H groups in total. The maximum Gasteiger partial charge on any atom is 0.223 e. The minimum absolute atomic E-state index is 0.0137. The first-order chi connectivity index (χ1) is 15.7. The molecule has 0 spiro atoms. The third-order valence-electron chi connectivity index (χ3n) is 6.18. The first-order valence-corrected chi connectivity index (χ1v) is 10.8. The van der Waals surface area contributed by atoms with Gasteiger partial charge >= 0.3 is 0 Å². The van der Waals surface area contributed by atoms with Crippen molar-refractivity contribution in [3.05, 3.63) is 95.2 Å². The Balaban J connectivity index is 1.54. The summed E-state index contributed by atoms with van der Waals surface area (Å²) >= 11 is 0. The van der Waals surface area contributed by atoms with Crippen LogP contribution in [0.25, 0.3) is 10.9 Å². The Hall–Kier alpha value is -3.67. The molecule has 162 valence electrons. The SMILES string of the molecule is COc1ccc(C2c3[nH]c4ccccc4c3CCN2C(=O)CCc2ccccn2)c(F)c1. The van der Waals surface area contributed by atoms with Crippen molar-refractivity contribution in [2.75, 3.05) is 13.7 Å². The van der Waals surface area contributed by atoms with Crippen LogP contribution in [-0.4, -0.2) is 34.4 Å². The predicted molar refractivity (Wildman–Crippen MR) is 121 cm³/mol. The number of halogens is 1. The van der Waals surface area contributed by atoms with Gasteiger partial charge in [0.1, 0.15) is 17.6 Å². The van der Waals surface area contributed by atoms with Crippen molar-refractivity contribution >= 4 is 16.8 Å². The number of aromatic amines is 1. The second-order valence-electron chi connectivity index (χ2n) is 8.01. The number of benzene rings is 2. The Kier molecular flexibility index (Phi) is 5.35. The fourth-order valence-corrected chi connectivity index (χ4v) is 4.61. The van der Waals surface area contributed by atoms with E-state index in [1.54, 1.807) is 23.2 Å². The number of aryl methyl sites for hydroxylation is 1. The number of para-hydroxylation sites is 1. The number of pyridine rings is 1. The molecule has 0 radical (unpaired) electrons. The topological polar surface area (TPSA) is 58.2 Å². The normalized spacial score (nSPS) is 15.6. The van der Waals surface area contributed by atoms with E-state index < -0.39 is 6.04 Å². The first-order valence-electron chi connectivity index (χ1n) is 10.8. The summed E-state index contributed by atoms with van der Waals surface area (Å²) in [7, 11) is 1.51. The molecule has 2 aromatic heterocycles. The average Bonchev–Trinajstić information content (AvgIpc) is 3.21. The number of nitrogens with one attached hydrogen (secondary N) is 1. The van der Waals surface area contributed by atoms with Gasteiger partial charge in [-0.15, -0.1) is 0 Å². The van der Waals surface area contributed by atoms with Crippen LogP contribution in [0.5, 0.6) is 5.75 Å². The number of carbonyl (C=O) groups is 1. The van der Waals surface area contributed by atoms with Gasteiger partial charge in [-0.1, -0.05) is 24.3 Å². The first kappa shape index (κ1) is 20.2. The molecule has 5 nitrogen and oxygen atoms in total. The smallest absolute Gasteiger partial charge is 0.223 e. The Morgan fingerprint density at radius 1 is 1.19 bits per heavy atom. The lowest BCUT2D eigenvalue weighted by atomic mass is 9.91. The number of ether oxygens (including phenoxy) is 1. The van der Waals surface area contributed by atoms with Gasteiger partial charge in [0, 0.05) is 53.1 Å². The highest BCUT2D eigenvalue weighted by Crippen LogP contribution is 2.40. The second-order valence-corrected chi connectivity index (χ2v) is 8.01. The van der Waals surface area contributed by atoms with Crippen LogP contribution in [0, 0.1) is 5.82 Å². The number of nitrogens with zero attached hydrogens (tertiary/aromatic N) is 2. The Morgan fingerprint density at radius 2 is 2.03 bits per heavy atom. The summed E-state index contributed by atoms with van der Waals surface area (Å²) in [5, 5.41) is 1.13. The van der Waals surface area contributed by atoms with Gasteiger partial charge in [-0.3, -0.25) is 9.78 Å². The van der Waals surface area contributed by atoms with Gasteiger partial charge in [0.15, 0.2) is 0 Å². The number of methoxy groups -OCH3 is 1. The number of hydrogen-bond donors (Lipinski definition) is 1. The zero-order valence-electron chi connectivity index (χ0n) is 17.8. The van der Waals surface area contributed by atoms with Crippen molar-refractivity contribution < 1.29 is 13.9 Å². The van der Waals surface area contributed by atoms with Gasteiger partial charge in [-0.05, 0) is 48.7 Å². The minimum atomic E-state index is -0.520. The van der Waals surface area contributed by atoms with Crippen LogP contribution >= 0.6 is 0 Å². The summed E-state index contributed by atoms with van der Waals surface area (Å²) in [4.78, 5) is 22.9. The van der Waals surface area contributed by atoms with Crippen LogP contribution < -0.4 is 4.74 Å². The van der Waals surface area contributed by atoms with E-state index in [4.69, 9.17) is 4.74 Å². The number of aromatic nitrogens is 2. The summed E-state index contributed by atoms with van der Waals surface area (Å²) in [6, 6.07) is 18.1. The van der Waals surface area contributed by atoms with Crippen LogP contribution in [0.2, 0.25) is 0 Å². The predicted octanol–water partition coefficient (Wildman–Crippen LogP) is 4.82. The molecule has 5 rings (SSSR count). The number of rotatable bonds is 5. The molecule has 3 heterocycles. The zero-order chi connectivity index (χ0) is 22.1. The van der Waals surface area contributed by atoms with E-state index in [-0.39, 0.29) is 11.7 Å². The highest BCUT2D eigenvalue weighted by Gasteiger charge is 2.35. The molecule has 1 aliphatic rings. The third-order valence-corrected chi connectivity index (χ3v) is 6.18. The van der Waals surface area contributed by atoms with E-state index in [2.05, 4.69) is 16.0 Å². The number of carbonyl (C=O) groups excluding carboxylic acids is 1. The highest BCUT2D eigenvalue weighted by atomic mass is 19.1. The van der Waals surface area contributed by atoms with Gasteiger partial charge in [-0.25, -0.2) is 4.39 Å². The standard InChI is InChI=1S/C26H24FN3O2/c1-32-18-10-11-21(22(27)16-18)26-25-20(19-7-2-3-8-23(19)29-25)13-15-30(26)24(31)12-9-17-6-4-5-14-28-17/h2-8,10-11,14,16,26,29H,9,12-13,15H2,1H3. The van der Waals surface area contributed by atoms with Gasteiger partial charge in [0.2, 0.25) is 5.91 Å².